The van der Waals surface area contributed by atoms with Gasteiger partial charge in [-0.05, 0) is 25.1 Å². The van der Waals surface area contributed by atoms with E-state index < -0.39 is 27.4 Å². The summed E-state index contributed by atoms with van der Waals surface area (Å²) in [5.41, 5.74) is -0.705. The molecule has 2 N–H and O–H groups in total. The van der Waals surface area contributed by atoms with E-state index in [2.05, 4.69) is 9.71 Å². The van der Waals surface area contributed by atoms with E-state index in [1.807, 2.05) is 0 Å². The van der Waals surface area contributed by atoms with Crippen molar-refractivity contribution in [3.05, 3.63) is 40.7 Å². The van der Waals surface area contributed by atoms with Crippen LogP contribution in [0.5, 0.6) is 0 Å². The maximum Gasteiger partial charge on any atom is 0.338 e. The third-order valence-electron chi connectivity index (χ3n) is 2.32. The number of thiazole rings is 1. The van der Waals surface area contributed by atoms with Crippen LogP contribution in [-0.2, 0) is 10.0 Å². The van der Waals surface area contributed by atoms with E-state index >= 15 is 0 Å². The molecule has 0 atom stereocenters. The number of hydrogen-bond donors (Lipinski definition) is 2. The fourth-order valence-corrected chi connectivity index (χ4v) is 3.34. The average Bonchev–Trinajstić information content (AvgIpc) is 2.73. The van der Waals surface area contributed by atoms with Crippen LogP contribution in [0.3, 0.4) is 0 Å². The molecule has 0 unspecified atom stereocenters. The predicted molar refractivity (Wildman–Crippen MR) is 71.0 cm³/mol. The molecule has 0 saturated heterocycles. The molecule has 0 amide bonds. The zero-order valence-electron chi connectivity index (χ0n) is 10.1. The highest BCUT2D eigenvalue weighted by atomic mass is 32.2. The molecule has 0 spiro atoms. The number of rotatable bonds is 4. The van der Waals surface area contributed by atoms with E-state index in [0.29, 0.717) is 0 Å². The standard InChI is InChI=1S/C11H9FN2O4S2/c1-6-5-13-11(19-6)14-20(17,18)7-2-3-9(12)8(4-7)10(15)16/h2-5H,1H3,(H,13,14)(H,15,16). The number of nitrogens with zero attached hydrogens (tertiary/aromatic N) is 1. The van der Waals surface area contributed by atoms with Crippen molar-refractivity contribution in [2.75, 3.05) is 4.72 Å². The van der Waals surface area contributed by atoms with Crippen LogP contribution in [0.1, 0.15) is 15.2 Å². The molecule has 0 aliphatic carbocycles. The summed E-state index contributed by atoms with van der Waals surface area (Å²) in [6.07, 6.45) is 1.50. The van der Waals surface area contributed by atoms with E-state index in [4.69, 9.17) is 5.11 Å². The number of aromatic carboxylic acids is 1. The van der Waals surface area contributed by atoms with Crippen LogP contribution in [0, 0.1) is 12.7 Å². The molecule has 9 heteroatoms. The molecule has 2 aromatic rings. The lowest BCUT2D eigenvalue weighted by Gasteiger charge is -2.06. The number of benzene rings is 1. The van der Waals surface area contributed by atoms with Crippen LogP contribution in [0.2, 0.25) is 0 Å². The van der Waals surface area contributed by atoms with Gasteiger partial charge in [0.05, 0.1) is 10.5 Å². The van der Waals surface area contributed by atoms with Gasteiger partial charge in [0, 0.05) is 11.1 Å². The summed E-state index contributed by atoms with van der Waals surface area (Å²) in [4.78, 5) is 15.1. The molecule has 0 bridgehead atoms. The van der Waals surface area contributed by atoms with E-state index in [1.54, 1.807) is 6.92 Å². The number of carbonyl (C=O) groups is 1. The second kappa shape index (κ2) is 5.17. The minimum absolute atomic E-state index is 0.156. The number of aromatic nitrogens is 1. The summed E-state index contributed by atoms with van der Waals surface area (Å²) < 4.78 is 39.5. The van der Waals surface area contributed by atoms with Gasteiger partial charge in [-0.1, -0.05) is 0 Å². The Kier molecular flexibility index (Phi) is 3.73. The highest BCUT2D eigenvalue weighted by Gasteiger charge is 2.20. The van der Waals surface area contributed by atoms with E-state index in [0.717, 1.165) is 34.4 Å². The fraction of sp³-hybridized carbons (Fsp3) is 0.0909. The predicted octanol–water partition coefficient (Wildman–Crippen LogP) is 2.09. The zero-order valence-corrected chi connectivity index (χ0v) is 11.8. The van der Waals surface area contributed by atoms with Gasteiger partial charge in [-0.3, -0.25) is 4.72 Å². The number of aryl methyl sites for hydroxylation is 1. The molecule has 0 aliphatic heterocycles. The molecule has 1 aromatic carbocycles. The van der Waals surface area contributed by atoms with Crippen molar-refractivity contribution in [2.45, 2.75) is 11.8 Å². The Morgan fingerprint density at radius 1 is 1.45 bits per heavy atom. The van der Waals surface area contributed by atoms with Crippen LogP contribution in [0.25, 0.3) is 0 Å². The summed E-state index contributed by atoms with van der Waals surface area (Å²) >= 11 is 1.13. The topological polar surface area (TPSA) is 96.4 Å². The SMILES string of the molecule is Cc1cnc(NS(=O)(=O)c2ccc(F)c(C(=O)O)c2)s1. The van der Waals surface area contributed by atoms with Crippen LogP contribution in [0.4, 0.5) is 9.52 Å². The Morgan fingerprint density at radius 2 is 2.15 bits per heavy atom. The third-order valence-corrected chi connectivity index (χ3v) is 4.62. The largest absolute Gasteiger partial charge is 0.478 e. The Balaban J connectivity index is 2.39. The van der Waals surface area contributed by atoms with Crippen LogP contribution >= 0.6 is 11.3 Å². The van der Waals surface area contributed by atoms with Gasteiger partial charge in [0.1, 0.15) is 5.82 Å². The third kappa shape index (κ3) is 2.94. The second-order valence-corrected chi connectivity index (χ2v) is 6.75. The van der Waals surface area contributed by atoms with Crippen LogP contribution in [-0.4, -0.2) is 24.5 Å². The first-order chi connectivity index (χ1) is 9.29. The number of halogens is 1. The van der Waals surface area contributed by atoms with Gasteiger partial charge >= 0.3 is 5.97 Å². The maximum atomic E-state index is 13.2. The fourth-order valence-electron chi connectivity index (χ4n) is 1.41. The second-order valence-electron chi connectivity index (χ2n) is 3.83. The van der Waals surface area contributed by atoms with Crippen LogP contribution in [0.15, 0.2) is 29.3 Å². The Morgan fingerprint density at radius 3 is 2.70 bits per heavy atom. The number of carboxylic acids is 1. The summed E-state index contributed by atoms with van der Waals surface area (Å²) in [5.74, 6) is -2.54. The van der Waals surface area contributed by atoms with Crippen molar-refractivity contribution in [3.63, 3.8) is 0 Å². The number of nitrogens with one attached hydrogen (secondary N) is 1. The van der Waals surface area contributed by atoms with Gasteiger partial charge in [0.2, 0.25) is 0 Å². The summed E-state index contributed by atoms with van der Waals surface area (Å²) in [7, 11) is -4.00. The molecular formula is C11H9FN2O4S2. The minimum atomic E-state index is -4.00. The van der Waals surface area contributed by atoms with Gasteiger partial charge in [0.25, 0.3) is 10.0 Å². The van der Waals surface area contributed by atoms with E-state index in [9.17, 15) is 17.6 Å². The first kappa shape index (κ1) is 14.4. The normalized spacial score (nSPS) is 11.3. The molecule has 1 aromatic heterocycles. The average molecular weight is 316 g/mol. The maximum absolute atomic E-state index is 13.2. The molecule has 0 aliphatic rings. The highest BCUT2D eigenvalue weighted by molar-refractivity contribution is 7.93. The van der Waals surface area contributed by atoms with Crippen molar-refractivity contribution in [3.8, 4) is 0 Å². The van der Waals surface area contributed by atoms with Gasteiger partial charge in [-0.25, -0.2) is 22.6 Å². The van der Waals surface area contributed by atoms with E-state index in [-0.39, 0.29) is 10.0 Å². The zero-order chi connectivity index (χ0) is 14.9. The summed E-state index contributed by atoms with van der Waals surface area (Å²) in [6.45, 7) is 1.76. The molecule has 0 saturated carbocycles. The van der Waals surface area contributed by atoms with Gasteiger partial charge in [-0.15, -0.1) is 11.3 Å². The molecule has 0 fully saturated rings. The molecule has 106 valence electrons. The molecular weight excluding hydrogens is 307 g/mol. The van der Waals surface area contributed by atoms with Crippen molar-refractivity contribution < 1.29 is 22.7 Å². The highest BCUT2D eigenvalue weighted by Crippen LogP contribution is 2.22. The Bertz CT molecular complexity index is 770. The van der Waals surface area contributed by atoms with Crippen LogP contribution < -0.4 is 4.72 Å². The number of anilines is 1. The van der Waals surface area contributed by atoms with Gasteiger partial charge < -0.3 is 5.11 Å². The lowest BCUT2D eigenvalue weighted by atomic mass is 10.2. The smallest absolute Gasteiger partial charge is 0.338 e. The number of carboxylic acid groups (broad SMARTS) is 1. The molecule has 1 heterocycles. The van der Waals surface area contributed by atoms with E-state index in [1.165, 1.54) is 6.20 Å². The quantitative estimate of drug-likeness (QED) is 0.900. The molecule has 20 heavy (non-hydrogen) atoms. The molecule has 6 nitrogen and oxygen atoms in total. The lowest BCUT2D eigenvalue weighted by molar-refractivity contribution is 0.0691. The lowest BCUT2D eigenvalue weighted by Crippen LogP contribution is -2.14. The Hall–Kier alpha value is -2.00. The first-order valence-electron chi connectivity index (χ1n) is 5.28. The monoisotopic (exact) mass is 316 g/mol. The molecule has 0 radical (unpaired) electrons. The number of sulfonamides is 1. The first-order valence-corrected chi connectivity index (χ1v) is 7.57. The minimum Gasteiger partial charge on any atom is -0.478 e. The van der Waals surface area contributed by atoms with Crippen molar-refractivity contribution in [1.29, 1.82) is 0 Å². The van der Waals surface area contributed by atoms with Crippen molar-refractivity contribution in [2.24, 2.45) is 0 Å². The molecule has 2 rings (SSSR count). The summed E-state index contributed by atoms with van der Waals surface area (Å²) in [5, 5.41) is 8.94. The van der Waals surface area contributed by atoms with Gasteiger partial charge in [-0.2, -0.15) is 0 Å². The Labute approximate surface area is 118 Å². The van der Waals surface area contributed by atoms with Crippen molar-refractivity contribution >= 4 is 32.5 Å². The summed E-state index contributed by atoms with van der Waals surface area (Å²) in [6, 6.07) is 2.55. The van der Waals surface area contributed by atoms with Crippen molar-refractivity contribution in [1.82, 2.24) is 4.98 Å². The van der Waals surface area contributed by atoms with Gasteiger partial charge in [0.15, 0.2) is 5.13 Å². The number of hydrogen-bond acceptors (Lipinski definition) is 5.